The van der Waals surface area contributed by atoms with E-state index < -0.39 is 18.9 Å². The second-order valence-corrected chi connectivity index (χ2v) is 8.98. The van der Waals surface area contributed by atoms with E-state index in [0.29, 0.717) is 17.7 Å². The molecular formula is C15H23O7PS. The second kappa shape index (κ2) is 10.9. The molecular weight excluding hydrogens is 355 g/mol. The third-order valence-corrected chi connectivity index (χ3v) is 6.84. The third kappa shape index (κ3) is 6.93. The molecule has 9 heteroatoms. The minimum atomic E-state index is -3.51. The number of esters is 1. The highest BCUT2D eigenvalue weighted by Gasteiger charge is 2.28. The van der Waals surface area contributed by atoms with Gasteiger partial charge in [0.1, 0.15) is 0 Å². The number of carbonyl (C=O) groups excluding carboxylic acids is 1. The van der Waals surface area contributed by atoms with Crippen LogP contribution in [0, 0.1) is 0 Å². The summed E-state index contributed by atoms with van der Waals surface area (Å²) in [5.74, 6) is -0.0602. The molecule has 0 aromatic heterocycles. The summed E-state index contributed by atoms with van der Waals surface area (Å²) in [6, 6.07) is 7.00. The number of carbonyl (C=O) groups is 1. The molecule has 0 heterocycles. The number of benzene rings is 1. The Hall–Kier alpha value is -0.890. The molecule has 0 aliphatic rings. The van der Waals surface area contributed by atoms with Gasteiger partial charge in [-0.05, 0) is 36.4 Å². The Labute approximate surface area is 145 Å². The smallest absolute Gasteiger partial charge is 0.389 e. The molecule has 0 amide bonds. The Morgan fingerprint density at radius 2 is 2.04 bits per heavy atom. The Morgan fingerprint density at radius 1 is 1.33 bits per heavy atom. The van der Waals surface area contributed by atoms with Crippen molar-refractivity contribution in [1.82, 2.24) is 0 Å². The van der Waals surface area contributed by atoms with Gasteiger partial charge in [-0.3, -0.25) is 9.05 Å². The minimum Gasteiger partial charge on any atom is -0.465 e. The summed E-state index contributed by atoms with van der Waals surface area (Å²) in [5, 5.41) is 17.9. The van der Waals surface area contributed by atoms with Gasteiger partial charge < -0.3 is 14.9 Å². The molecule has 0 bridgehead atoms. The van der Waals surface area contributed by atoms with E-state index in [9.17, 15) is 9.36 Å². The number of rotatable bonds is 11. The maximum Gasteiger partial charge on any atom is 0.389 e. The Morgan fingerprint density at radius 3 is 2.67 bits per heavy atom. The maximum absolute atomic E-state index is 12.6. The molecule has 0 radical (unpaired) electrons. The van der Waals surface area contributed by atoms with Crippen molar-refractivity contribution >= 4 is 24.1 Å². The molecule has 0 aliphatic heterocycles. The van der Waals surface area contributed by atoms with Crippen molar-refractivity contribution in [3.05, 3.63) is 35.4 Å². The van der Waals surface area contributed by atoms with E-state index in [1.165, 1.54) is 7.11 Å². The summed E-state index contributed by atoms with van der Waals surface area (Å²) in [5.41, 5.74) is 1.22. The number of methoxy groups -OCH3 is 1. The quantitative estimate of drug-likeness (QED) is 0.447. The van der Waals surface area contributed by atoms with Crippen LogP contribution in [0.4, 0.5) is 0 Å². The van der Waals surface area contributed by atoms with Gasteiger partial charge in [-0.2, -0.15) is 0 Å². The number of hydrogen-bond donors (Lipinski definition) is 2. The molecule has 136 valence electrons. The summed E-state index contributed by atoms with van der Waals surface area (Å²) in [4.78, 5) is 11.7. The Kier molecular flexibility index (Phi) is 9.58. The van der Waals surface area contributed by atoms with Gasteiger partial charge in [0.2, 0.25) is 0 Å². The first kappa shape index (κ1) is 21.2. The molecule has 0 fully saturated rings. The van der Waals surface area contributed by atoms with Crippen LogP contribution in [0.5, 0.6) is 0 Å². The van der Waals surface area contributed by atoms with Crippen molar-refractivity contribution in [2.24, 2.45) is 0 Å². The number of ether oxygens (including phenoxy) is 1. The van der Waals surface area contributed by atoms with E-state index in [0.717, 1.165) is 16.9 Å². The summed E-state index contributed by atoms with van der Waals surface area (Å²) in [6.45, 7) is -2.64. The lowest BCUT2D eigenvalue weighted by Gasteiger charge is -2.20. The highest BCUT2D eigenvalue weighted by Crippen LogP contribution is 2.61. The van der Waals surface area contributed by atoms with Gasteiger partial charge in [0.25, 0.3) is 0 Å². The predicted molar refractivity (Wildman–Crippen MR) is 92.2 cm³/mol. The van der Waals surface area contributed by atoms with Crippen LogP contribution in [-0.4, -0.2) is 55.0 Å². The van der Waals surface area contributed by atoms with E-state index in [-0.39, 0.29) is 19.8 Å². The lowest BCUT2D eigenvalue weighted by molar-refractivity contribution is 0.0599. The van der Waals surface area contributed by atoms with Crippen molar-refractivity contribution in [2.45, 2.75) is 19.4 Å². The molecule has 1 rings (SSSR count). The normalized spacial score (nSPS) is 14.8. The molecule has 2 atom stereocenters. The van der Waals surface area contributed by atoms with Crippen LogP contribution in [0.15, 0.2) is 24.3 Å². The fraction of sp³-hybridized carbons (Fsp3) is 0.533. The van der Waals surface area contributed by atoms with Gasteiger partial charge in [0, 0.05) is 5.75 Å². The first-order valence-corrected chi connectivity index (χ1v) is 10.5. The van der Waals surface area contributed by atoms with Crippen LogP contribution in [0.1, 0.15) is 22.8 Å². The zero-order valence-corrected chi connectivity index (χ0v) is 15.4. The van der Waals surface area contributed by atoms with Crippen LogP contribution in [0.25, 0.3) is 0 Å². The highest BCUT2D eigenvalue weighted by atomic mass is 32.7. The topological polar surface area (TPSA) is 102 Å². The zero-order valence-electron chi connectivity index (χ0n) is 13.7. The molecule has 7 nitrogen and oxygen atoms in total. The van der Waals surface area contributed by atoms with Crippen molar-refractivity contribution in [3.63, 3.8) is 0 Å². The van der Waals surface area contributed by atoms with Gasteiger partial charge >= 0.3 is 12.8 Å². The second-order valence-electron chi connectivity index (χ2n) is 4.83. The largest absolute Gasteiger partial charge is 0.465 e. The first-order valence-electron chi connectivity index (χ1n) is 7.41. The Bertz CT molecular complexity index is 567. The van der Waals surface area contributed by atoms with E-state index in [1.54, 1.807) is 31.2 Å². The standard InChI is InChI=1S/C15H23O7PS/c1-12(11-17)22-23(19,21-9-8-16)24-10-7-13-5-3-4-6-14(13)15(18)20-2/h3-6,12,16-17H,7-11H2,1-2H3. The summed E-state index contributed by atoms with van der Waals surface area (Å²) >= 11 is 0.967. The van der Waals surface area contributed by atoms with Crippen molar-refractivity contribution in [2.75, 3.05) is 32.7 Å². The maximum atomic E-state index is 12.6. The molecule has 2 unspecified atom stereocenters. The minimum absolute atomic E-state index is 0.124. The zero-order chi connectivity index (χ0) is 18.0. The summed E-state index contributed by atoms with van der Waals surface area (Å²) in [7, 11) is 1.31. The number of hydrogen-bond acceptors (Lipinski definition) is 8. The van der Waals surface area contributed by atoms with Gasteiger partial charge in [-0.15, -0.1) is 0 Å². The summed E-state index contributed by atoms with van der Waals surface area (Å²) < 4.78 is 27.8. The molecule has 2 N–H and O–H groups in total. The van der Waals surface area contributed by atoms with Crippen LogP contribution < -0.4 is 0 Å². The van der Waals surface area contributed by atoms with E-state index in [2.05, 4.69) is 0 Å². The average molecular weight is 378 g/mol. The molecule has 1 aromatic rings. The molecule has 24 heavy (non-hydrogen) atoms. The lowest BCUT2D eigenvalue weighted by Crippen LogP contribution is -2.12. The molecule has 0 saturated heterocycles. The van der Waals surface area contributed by atoms with Crippen molar-refractivity contribution < 1.29 is 33.4 Å². The van der Waals surface area contributed by atoms with Crippen LogP contribution in [-0.2, 0) is 24.8 Å². The van der Waals surface area contributed by atoms with E-state index >= 15 is 0 Å². The van der Waals surface area contributed by atoms with Gasteiger partial charge in [-0.1, -0.05) is 18.2 Å². The molecule has 0 spiro atoms. The van der Waals surface area contributed by atoms with Gasteiger partial charge in [-0.25, -0.2) is 9.36 Å². The number of aliphatic hydroxyl groups excluding tert-OH is 2. The average Bonchev–Trinajstić information content (AvgIpc) is 2.59. The number of aliphatic hydroxyl groups is 2. The monoisotopic (exact) mass is 378 g/mol. The molecule has 0 saturated carbocycles. The highest BCUT2D eigenvalue weighted by molar-refractivity contribution is 8.55. The SMILES string of the molecule is COC(=O)c1ccccc1CCSP(=O)(OCCO)OC(C)CO. The van der Waals surface area contributed by atoms with Crippen LogP contribution >= 0.6 is 18.2 Å². The van der Waals surface area contributed by atoms with E-state index in [1.807, 2.05) is 0 Å². The van der Waals surface area contributed by atoms with Crippen molar-refractivity contribution in [1.29, 1.82) is 0 Å². The Balaban J connectivity index is 2.71. The fourth-order valence-electron chi connectivity index (χ4n) is 1.82. The lowest BCUT2D eigenvalue weighted by atomic mass is 10.1. The first-order chi connectivity index (χ1) is 11.5. The summed E-state index contributed by atoms with van der Waals surface area (Å²) in [6.07, 6.45) is -0.191. The van der Waals surface area contributed by atoms with Gasteiger partial charge in [0.05, 0.1) is 38.6 Å². The van der Waals surface area contributed by atoms with Crippen LogP contribution in [0.2, 0.25) is 0 Å². The van der Waals surface area contributed by atoms with Gasteiger partial charge in [0.15, 0.2) is 0 Å². The fourth-order valence-corrected chi connectivity index (χ4v) is 5.38. The third-order valence-electron chi connectivity index (χ3n) is 2.95. The van der Waals surface area contributed by atoms with Crippen LogP contribution in [0.3, 0.4) is 0 Å². The number of aryl methyl sites for hydroxylation is 1. The van der Waals surface area contributed by atoms with E-state index in [4.69, 9.17) is 24.0 Å². The molecule has 0 aliphatic carbocycles. The predicted octanol–water partition coefficient (Wildman–Crippen LogP) is 2.26. The van der Waals surface area contributed by atoms with Crippen molar-refractivity contribution in [3.8, 4) is 0 Å². The molecule has 1 aromatic carbocycles.